The molecular formula is C14H18N2. The SMILES string of the molecule is CCc1ccc(C(CN)c2ccc[nH]2)cc1. The molecule has 0 fully saturated rings. The van der Waals surface area contributed by atoms with Gasteiger partial charge in [-0.15, -0.1) is 0 Å². The highest BCUT2D eigenvalue weighted by Crippen LogP contribution is 2.22. The highest BCUT2D eigenvalue weighted by atomic mass is 14.7. The highest BCUT2D eigenvalue weighted by molar-refractivity contribution is 5.31. The van der Waals surface area contributed by atoms with Gasteiger partial charge < -0.3 is 10.7 Å². The summed E-state index contributed by atoms with van der Waals surface area (Å²) in [7, 11) is 0. The molecule has 0 spiro atoms. The molecule has 84 valence electrons. The van der Waals surface area contributed by atoms with Gasteiger partial charge in [0.2, 0.25) is 0 Å². The molecule has 0 bridgehead atoms. The van der Waals surface area contributed by atoms with E-state index in [4.69, 9.17) is 5.73 Å². The van der Waals surface area contributed by atoms with Crippen molar-refractivity contribution in [3.63, 3.8) is 0 Å². The van der Waals surface area contributed by atoms with Crippen LogP contribution in [0.2, 0.25) is 0 Å². The maximum atomic E-state index is 5.85. The number of aryl methyl sites for hydroxylation is 1. The number of benzene rings is 1. The lowest BCUT2D eigenvalue weighted by Gasteiger charge is -2.14. The molecule has 3 N–H and O–H groups in total. The van der Waals surface area contributed by atoms with E-state index < -0.39 is 0 Å². The van der Waals surface area contributed by atoms with E-state index in [1.54, 1.807) is 0 Å². The first-order valence-electron chi connectivity index (χ1n) is 5.77. The lowest BCUT2D eigenvalue weighted by molar-refractivity contribution is 0.794. The van der Waals surface area contributed by atoms with Gasteiger partial charge in [0.25, 0.3) is 0 Å². The van der Waals surface area contributed by atoms with E-state index in [9.17, 15) is 0 Å². The van der Waals surface area contributed by atoms with E-state index in [1.165, 1.54) is 16.8 Å². The minimum Gasteiger partial charge on any atom is -0.364 e. The molecular weight excluding hydrogens is 196 g/mol. The van der Waals surface area contributed by atoms with E-state index in [0.717, 1.165) is 6.42 Å². The first-order valence-corrected chi connectivity index (χ1v) is 5.77. The lowest BCUT2D eigenvalue weighted by atomic mass is 9.95. The second kappa shape index (κ2) is 4.99. The summed E-state index contributed by atoms with van der Waals surface area (Å²) < 4.78 is 0. The van der Waals surface area contributed by atoms with Crippen LogP contribution in [0.15, 0.2) is 42.6 Å². The molecule has 2 rings (SSSR count). The zero-order valence-corrected chi connectivity index (χ0v) is 9.61. The van der Waals surface area contributed by atoms with Crippen molar-refractivity contribution in [2.45, 2.75) is 19.3 Å². The van der Waals surface area contributed by atoms with Gasteiger partial charge in [-0.1, -0.05) is 31.2 Å². The van der Waals surface area contributed by atoms with Gasteiger partial charge >= 0.3 is 0 Å². The van der Waals surface area contributed by atoms with Crippen molar-refractivity contribution in [3.8, 4) is 0 Å². The summed E-state index contributed by atoms with van der Waals surface area (Å²) in [6.45, 7) is 2.80. The number of nitrogens with one attached hydrogen (secondary N) is 1. The summed E-state index contributed by atoms with van der Waals surface area (Å²) >= 11 is 0. The van der Waals surface area contributed by atoms with E-state index in [0.29, 0.717) is 6.54 Å². The quantitative estimate of drug-likeness (QED) is 0.807. The summed E-state index contributed by atoms with van der Waals surface area (Å²) in [6, 6.07) is 12.8. The van der Waals surface area contributed by atoms with Crippen LogP contribution in [-0.4, -0.2) is 11.5 Å². The Hall–Kier alpha value is -1.54. The predicted molar refractivity (Wildman–Crippen MR) is 67.5 cm³/mol. The number of hydrogen-bond donors (Lipinski definition) is 2. The lowest BCUT2D eigenvalue weighted by Crippen LogP contribution is -2.14. The van der Waals surface area contributed by atoms with Crippen molar-refractivity contribution >= 4 is 0 Å². The molecule has 2 heteroatoms. The van der Waals surface area contributed by atoms with Crippen LogP contribution in [0.25, 0.3) is 0 Å². The fraction of sp³-hybridized carbons (Fsp3) is 0.286. The fourth-order valence-electron chi connectivity index (χ4n) is 1.99. The van der Waals surface area contributed by atoms with Gasteiger partial charge in [-0.05, 0) is 29.7 Å². The summed E-state index contributed by atoms with van der Waals surface area (Å²) in [5, 5.41) is 0. The zero-order chi connectivity index (χ0) is 11.4. The number of aromatic nitrogens is 1. The number of rotatable bonds is 4. The predicted octanol–water partition coefficient (Wildman–Crippen LogP) is 2.67. The van der Waals surface area contributed by atoms with Crippen molar-refractivity contribution in [2.75, 3.05) is 6.54 Å². The molecule has 1 aromatic carbocycles. The molecule has 0 amide bonds. The highest BCUT2D eigenvalue weighted by Gasteiger charge is 2.12. The molecule has 0 aliphatic carbocycles. The Morgan fingerprint density at radius 3 is 2.44 bits per heavy atom. The first-order chi connectivity index (χ1) is 7.85. The van der Waals surface area contributed by atoms with Crippen LogP contribution >= 0.6 is 0 Å². The van der Waals surface area contributed by atoms with Crippen molar-refractivity contribution < 1.29 is 0 Å². The number of H-pyrrole nitrogens is 1. The standard InChI is InChI=1S/C14H18N2/c1-2-11-5-7-12(8-6-11)13(10-15)14-4-3-9-16-14/h3-9,13,16H,2,10,15H2,1H3. The molecule has 1 atom stereocenters. The van der Waals surface area contributed by atoms with Gasteiger partial charge in [-0.2, -0.15) is 0 Å². The molecule has 2 nitrogen and oxygen atoms in total. The monoisotopic (exact) mass is 214 g/mol. The van der Waals surface area contributed by atoms with Crippen LogP contribution in [0.3, 0.4) is 0 Å². The van der Waals surface area contributed by atoms with Gasteiger partial charge in [0.05, 0.1) is 0 Å². The van der Waals surface area contributed by atoms with Gasteiger partial charge in [0.1, 0.15) is 0 Å². The Morgan fingerprint density at radius 1 is 1.19 bits per heavy atom. The topological polar surface area (TPSA) is 41.8 Å². The minimum absolute atomic E-state index is 0.279. The fourth-order valence-corrected chi connectivity index (χ4v) is 1.99. The molecule has 1 heterocycles. The van der Waals surface area contributed by atoms with E-state index in [-0.39, 0.29) is 5.92 Å². The number of aromatic amines is 1. The Balaban J connectivity index is 2.27. The van der Waals surface area contributed by atoms with Crippen LogP contribution in [-0.2, 0) is 6.42 Å². The smallest absolute Gasteiger partial charge is 0.0363 e. The van der Waals surface area contributed by atoms with E-state index in [1.807, 2.05) is 12.3 Å². The normalized spacial score (nSPS) is 12.6. The molecule has 0 saturated heterocycles. The zero-order valence-electron chi connectivity index (χ0n) is 9.61. The molecule has 0 aliphatic heterocycles. The largest absolute Gasteiger partial charge is 0.364 e. The Morgan fingerprint density at radius 2 is 1.94 bits per heavy atom. The van der Waals surface area contributed by atoms with Crippen LogP contribution in [0.1, 0.15) is 29.7 Å². The van der Waals surface area contributed by atoms with Crippen molar-refractivity contribution in [3.05, 3.63) is 59.4 Å². The van der Waals surface area contributed by atoms with Crippen molar-refractivity contribution in [2.24, 2.45) is 5.73 Å². The maximum absolute atomic E-state index is 5.85. The Bertz CT molecular complexity index is 415. The molecule has 0 radical (unpaired) electrons. The summed E-state index contributed by atoms with van der Waals surface area (Å²) in [6.07, 6.45) is 3.02. The van der Waals surface area contributed by atoms with Crippen LogP contribution < -0.4 is 5.73 Å². The average Bonchev–Trinajstić information content (AvgIpc) is 2.85. The Kier molecular flexibility index (Phi) is 3.42. The number of hydrogen-bond acceptors (Lipinski definition) is 1. The van der Waals surface area contributed by atoms with Gasteiger partial charge in [-0.3, -0.25) is 0 Å². The van der Waals surface area contributed by atoms with Gasteiger partial charge in [-0.25, -0.2) is 0 Å². The summed E-state index contributed by atoms with van der Waals surface area (Å²) in [4.78, 5) is 3.24. The second-order valence-corrected chi connectivity index (χ2v) is 4.01. The van der Waals surface area contributed by atoms with E-state index >= 15 is 0 Å². The maximum Gasteiger partial charge on any atom is 0.0363 e. The van der Waals surface area contributed by atoms with Gasteiger partial charge in [0.15, 0.2) is 0 Å². The average molecular weight is 214 g/mol. The van der Waals surface area contributed by atoms with Gasteiger partial charge in [0, 0.05) is 24.4 Å². The van der Waals surface area contributed by atoms with Crippen molar-refractivity contribution in [1.82, 2.24) is 4.98 Å². The second-order valence-electron chi connectivity index (χ2n) is 4.01. The molecule has 0 aliphatic rings. The van der Waals surface area contributed by atoms with Crippen molar-refractivity contribution in [1.29, 1.82) is 0 Å². The molecule has 2 aromatic rings. The number of nitrogens with two attached hydrogens (primary N) is 1. The third-order valence-corrected chi connectivity index (χ3v) is 3.02. The third-order valence-electron chi connectivity index (χ3n) is 3.02. The van der Waals surface area contributed by atoms with Crippen LogP contribution in [0.4, 0.5) is 0 Å². The molecule has 1 unspecified atom stereocenters. The van der Waals surface area contributed by atoms with E-state index in [2.05, 4.69) is 42.2 Å². The Labute approximate surface area is 96.5 Å². The minimum atomic E-state index is 0.279. The first kappa shape index (κ1) is 11.0. The summed E-state index contributed by atoms with van der Waals surface area (Å²) in [5.41, 5.74) is 9.68. The third kappa shape index (κ3) is 2.17. The van der Waals surface area contributed by atoms with Crippen LogP contribution in [0.5, 0.6) is 0 Å². The molecule has 0 saturated carbocycles. The summed E-state index contributed by atoms with van der Waals surface area (Å²) in [5.74, 6) is 0.279. The van der Waals surface area contributed by atoms with Crippen LogP contribution in [0, 0.1) is 0 Å². The molecule has 16 heavy (non-hydrogen) atoms. The molecule has 1 aromatic heterocycles.